The van der Waals surface area contributed by atoms with Crippen LogP contribution >= 0.6 is 0 Å². The number of benzene rings is 1. The first kappa shape index (κ1) is 24.4. The second-order valence-corrected chi connectivity index (χ2v) is 9.53. The molecule has 2 fully saturated rings. The molecule has 0 spiro atoms. The van der Waals surface area contributed by atoms with Crippen molar-refractivity contribution >= 4 is 28.8 Å². The SMILES string of the molecule is C=C(C)OC(=O)N(c1ccc(CN2CCN(C)CC2)cc1)c1ncc2cnn(C3CCOCC3)c2n1. The van der Waals surface area contributed by atoms with Gasteiger partial charge in [-0.3, -0.25) is 4.90 Å². The number of ether oxygens (including phenoxy) is 2. The highest BCUT2D eigenvalue weighted by atomic mass is 16.6. The summed E-state index contributed by atoms with van der Waals surface area (Å²) in [6.45, 7) is 11.9. The number of anilines is 2. The summed E-state index contributed by atoms with van der Waals surface area (Å²) in [5.74, 6) is 0.527. The van der Waals surface area contributed by atoms with Crippen LogP contribution in [0.15, 0.2) is 49.0 Å². The lowest BCUT2D eigenvalue weighted by atomic mass is 10.1. The standard InChI is InChI=1S/C26H33N7O3/c1-19(2)36-26(34)32(22-6-4-20(5-7-22)18-31-12-10-30(3)11-13-31)25-27-16-21-17-28-33(24(21)29-25)23-8-14-35-15-9-23/h4-7,16-17,23H,1,8-15,18H2,2-3H3. The van der Waals surface area contributed by atoms with Crippen LogP contribution in [0.25, 0.3) is 11.0 Å². The van der Waals surface area contributed by atoms with Gasteiger partial charge in [-0.15, -0.1) is 0 Å². The third kappa shape index (κ3) is 5.40. The number of hydrogen-bond donors (Lipinski definition) is 0. The van der Waals surface area contributed by atoms with Crippen LogP contribution in [0, 0.1) is 0 Å². The van der Waals surface area contributed by atoms with Gasteiger partial charge >= 0.3 is 6.09 Å². The molecule has 10 nitrogen and oxygen atoms in total. The molecule has 0 radical (unpaired) electrons. The molecular weight excluding hydrogens is 458 g/mol. The Hall–Kier alpha value is -3.34. The highest BCUT2D eigenvalue weighted by Gasteiger charge is 2.26. The molecule has 2 saturated heterocycles. The van der Waals surface area contributed by atoms with E-state index in [-0.39, 0.29) is 12.0 Å². The Labute approximate surface area is 211 Å². The number of amides is 1. The summed E-state index contributed by atoms with van der Waals surface area (Å²) < 4.78 is 12.8. The number of carbonyl (C=O) groups excluding carboxylic acids is 1. The Kier molecular flexibility index (Phi) is 7.26. The topological polar surface area (TPSA) is 88.9 Å². The number of aromatic nitrogens is 4. The van der Waals surface area contributed by atoms with Crippen LogP contribution in [0.5, 0.6) is 0 Å². The van der Waals surface area contributed by atoms with Gasteiger partial charge in [-0.1, -0.05) is 18.7 Å². The number of hydrogen-bond acceptors (Lipinski definition) is 8. The zero-order valence-corrected chi connectivity index (χ0v) is 21.0. The van der Waals surface area contributed by atoms with Crippen molar-refractivity contribution in [3.05, 3.63) is 54.6 Å². The Bertz CT molecular complexity index is 1210. The molecule has 0 bridgehead atoms. The molecule has 190 valence electrons. The molecular formula is C26H33N7O3. The molecule has 2 aliphatic heterocycles. The minimum absolute atomic E-state index is 0.198. The lowest BCUT2D eigenvalue weighted by molar-refractivity contribution is 0.0673. The molecule has 1 amide bonds. The molecule has 10 heteroatoms. The summed E-state index contributed by atoms with van der Waals surface area (Å²) in [4.78, 5) is 28.6. The number of carbonyl (C=O) groups is 1. The minimum Gasteiger partial charge on any atom is -0.415 e. The lowest BCUT2D eigenvalue weighted by Gasteiger charge is -2.32. The molecule has 2 aliphatic rings. The van der Waals surface area contributed by atoms with Gasteiger partial charge in [0.05, 0.1) is 29.1 Å². The molecule has 2 aromatic heterocycles. The van der Waals surface area contributed by atoms with Crippen LogP contribution in [0.1, 0.15) is 31.4 Å². The van der Waals surface area contributed by atoms with E-state index in [9.17, 15) is 4.79 Å². The van der Waals surface area contributed by atoms with Gasteiger partial charge < -0.3 is 14.4 Å². The number of allylic oxidation sites excluding steroid dienone is 1. The van der Waals surface area contributed by atoms with E-state index >= 15 is 0 Å². The Morgan fingerprint density at radius 1 is 1.14 bits per heavy atom. The Morgan fingerprint density at radius 2 is 1.86 bits per heavy atom. The second kappa shape index (κ2) is 10.7. The van der Waals surface area contributed by atoms with Crippen molar-refractivity contribution in [3.8, 4) is 0 Å². The zero-order chi connectivity index (χ0) is 25.1. The minimum atomic E-state index is -0.606. The molecule has 3 aromatic rings. The molecule has 0 atom stereocenters. The number of rotatable bonds is 6. The molecule has 4 heterocycles. The van der Waals surface area contributed by atoms with Crippen molar-refractivity contribution in [1.82, 2.24) is 29.5 Å². The predicted octanol–water partition coefficient (Wildman–Crippen LogP) is 3.73. The van der Waals surface area contributed by atoms with Crippen LogP contribution < -0.4 is 4.90 Å². The Morgan fingerprint density at radius 3 is 2.56 bits per heavy atom. The lowest BCUT2D eigenvalue weighted by Crippen LogP contribution is -2.43. The van der Waals surface area contributed by atoms with Crippen molar-refractivity contribution in [3.63, 3.8) is 0 Å². The first-order valence-corrected chi connectivity index (χ1v) is 12.4. The monoisotopic (exact) mass is 491 g/mol. The molecule has 0 unspecified atom stereocenters. The maximum atomic E-state index is 13.2. The highest BCUT2D eigenvalue weighted by Crippen LogP contribution is 2.29. The normalized spacial score (nSPS) is 17.8. The van der Waals surface area contributed by atoms with Crippen molar-refractivity contribution in [2.24, 2.45) is 0 Å². The van der Waals surface area contributed by atoms with Gasteiger partial charge in [0.25, 0.3) is 0 Å². The van der Waals surface area contributed by atoms with Crippen molar-refractivity contribution in [2.75, 3.05) is 51.3 Å². The van der Waals surface area contributed by atoms with Crippen LogP contribution in [-0.2, 0) is 16.0 Å². The van der Waals surface area contributed by atoms with Crippen LogP contribution in [0.3, 0.4) is 0 Å². The average Bonchev–Trinajstić information content (AvgIpc) is 3.30. The van der Waals surface area contributed by atoms with Gasteiger partial charge in [0.1, 0.15) is 0 Å². The number of fused-ring (bicyclic) bond motifs is 1. The van der Waals surface area contributed by atoms with Crippen LogP contribution in [-0.4, -0.2) is 82.1 Å². The quantitative estimate of drug-likeness (QED) is 0.482. The first-order chi connectivity index (χ1) is 17.5. The largest absolute Gasteiger partial charge is 0.426 e. The molecule has 36 heavy (non-hydrogen) atoms. The average molecular weight is 492 g/mol. The van der Waals surface area contributed by atoms with E-state index in [0.29, 0.717) is 30.3 Å². The van der Waals surface area contributed by atoms with Gasteiger partial charge in [0.2, 0.25) is 5.95 Å². The third-order valence-corrected chi connectivity index (χ3v) is 6.70. The van der Waals surface area contributed by atoms with Gasteiger partial charge in [-0.2, -0.15) is 10.1 Å². The van der Waals surface area contributed by atoms with Crippen molar-refractivity contribution in [2.45, 2.75) is 32.4 Å². The summed E-state index contributed by atoms with van der Waals surface area (Å²) in [6.07, 6.45) is 4.59. The van der Waals surface area contributed by atoms with E-state index in [4.69, 9.17) is 14.5 Å². The fourth-order valence-electron chi connectivity index (χ4n) is 4.64. The van der Waals surface area contributed by atoms with E-state index < -0.39 is 6.09 Å². The summed E-state index contributed by atoms with van der Waals surface area (Å²) in [6, 6.07) is 8.10. The van der Waals surface area contributed by atoms with E-state index in [1.807, 2.05) is 28.9 Å². The second-order valence-electron chi connectivity index (χ2n) is 9.53. The number of likely N-dealkylation sites (N-methyl/N-ethyl adjacent to an activating group) is 1. The summed E-state index contributed by atoms with van der Waals surface area (Å²) >= 11 is 0. The molecule has 5 rings (SSSR count). The molecule has 1 aromatic carbocycles. The summed E-state index contributed by atoms with van der Waals surface area (Å²) in [7, 11) is 2.15. The van der Waals surface area contributed by atoms with Gasteiger partial charge in [0, 0.05) is 52.1 Å². The van der Waals surface area contributed by atoms with Crippen LogP contribution in [0.4, 0.5) is 16.4 Å². The zero-order valence-electron chi connectivity index (χ0n) is 21.0. The summed E-state index contributed by atoms with van der Waals surface area (Å²) in [5.41, 5.74) is 2.50. The molecule has 0 N–H and O–H groups in total. The fraction of sp³-hybridized carbons (Fsp3) is 0.462. The molecule has 0 saturated carbocycles. The van der Waals surface area contributed by atoms with Crippen LogP contribution in [0.2, 0.25) is 0 Å². The van der Waals surface area contributed by atoms with E-state index in [1.165, 1.54) is 10.5 Å². The van der Waals surface area contributed by atoms with E-state index in [2.05, 4.69) is 33.5 Å². The molecule has 0 aliphatic carbocycles. The first-order valence-electron chi connectivity index (χ1n) is 12.4. The third-order valence-electron chi connectivity index (χ3n) is 6.70. The van der Waals surface area contributed by atoms with Crippen molar-refractivity contribution in [1.29, 1.82) is 0 Å². The van der Waals surface area contributed by atoms with Crippen molar-refractivity contribution < 1.29 is 14.3 Å². The highest BCUT2D eigenvalue weighted by molar-refractivity contribution is 5.95. The maximum Gasteiger partial charge on any atom is 0.426 e. The predicted molar refractivity (Wildman–Crippen MR) is 137 cm³/mol. The number of nitrogens with zero attached hydrogens (tertiary/aromatic N) is 7. The smallest absolute Gasteiger partial charge is 0.415 e. The van der Waals surface area contributed by atoms with Gasteiger partial charge in [-0.25, -0.2) is 19.4 Å². The van der Waals surface area contributed by atoms with E-state index in [1.54, 1.807) is 19.3 Å². The summed E-state index contributed by atoms with van der Waals surface area (Å²) in [5, 5.41) is 5.38. The van der Waals surface area contributed by atoms with Gasteiger partial charge in [-0.05, 0) is 44.5 Å². The maximum absolute atomic E-state index is 13.2. The fourth-order valence-corrected chi connectivity index (χ4v) is 4.64. The number of piperazine rings is 1. The van der Waals surface area contributed by atoms with Gasteiger partial charge in [0.15, 0.2) is 5.65 Å². The van der Waals surface area contributed by atoms with E-state index in [0.717, 1.165) is 51.0 Å². The Balaban J connectivity index is 1.43.